The van der Waals surface area contributed by atoms with Crippen molar-refractivity contribution in [3.63, 3.8) is 0 Å². The number of aromatic nitrogens is 2. The third kappa shape index (κ3) is 2.51. The van der Waals surface area contributed by atoms with Crippen LogP contribution >= 0.6 is 27.5 Å². The van der Waals surface area contributed by atoms with Gasteiger partial charge in [0, 0.05) is 12.4 Å². The smallest absolute Gasteiger partial charge is 0.0738 e. The van der Waals surface area contributed by atoms with Crippen LogP contribution in [0.3, 0.4) is 0 Å². The molecule has 1 atom stereocenters. The molecule has 1 aromatic heterocycles. The van der Waals surface area contributed by atoms with Gasteiger partial charge in [0.15, 0.2) is 0 Å². The first-order valence-corrected chi connectivity index (χ1v) is 6.20. The molecule has 0 radical (unpaired) electrons. The molecule has 0 saturated carbocycles. The molecule has 0 aliphatic rings. The van der Waals surface area contributed by atoms with Gasteiger partial charge in [-0.1, -0.05) is 6.92 Å². The highest BCUT2D eigenvalue weighted by atomic mass is 79.9. The van der Waals surface area contributed by atoms with E-state index < -0.39 is 0 Å². The van der Waals surface area contributed by atoms with E-state index in [4.69, 9.17) is 11.6 Å². The minimum atomic E-state index is 0.495. The average molecular weight is 280 g/mol. The molecule has 0 saturated heterocycles. The van der Waals surface area contributed by atoms with E-state index in [1.165, 1.54) is 5.69 Å². The third-order valence-electron chi connectivity index (χ3n) is 2.26. The van der Waals surface area contributed by atoms with E-state index in [2.05, 4.69) is 34.9 Å². The lowest BCUT2D eigenvalue weighted by Gasteiger charge is -2.09. The number of hydrogen-bond acceptors (Lipinski definition) is 1. The summed E-state index contributed by atoms with van der Waals surface area (Å²) < 4.78 is 3.18. The Morgan fingerprint density at radius 1 is 1.57 bits per heavy atom. The van der Waals surface area contributed by atoms with Gasteiger partial charge in [0.25, 0.3) is 0 Å². The molecule has 0 aromatic carbocycles. The molecular weight excluding hydrogens is 263 g/mol. The van der Waals surface area contributed by atoms with Crippen LogP contribution in [0.1, 0.15) is 25.2 Å². The van der Waals surface area contributed by atoms with Crippen LogP contribution in [-0.4, -0.2) is 15.7 Å². The largest absolute Gasteiger partial charge is 0.268 e. The molecule has 0 bridgehead atoms. The highest BCUT2D eigenvalue weighted by molar-refractivity contribution is 9.10. The molecule has 0 fully saturated rings. The van der Waals surface area contributed by atoms with Crippen molar-refractivity contribution in [2.45, 2.75) is 33.7 Å². The van der Waals surface area contributed by atoms with Crippen molar-refractivity contribution in [2.75, 3.05) is 5.88 Å². The van der Waals surface area contributed by atoms with Gasteiger partial charge in [-0.15, -0.1) is 11.6 Å². The summed E-state index contributed by atoms with van der Waals surface area (Å²) in [6.45, 7) is 7.19. The van der Waals surface area contributed by atoms with Crippen molar-refractivity contribution in [1.29, 1.82) is 0 Å². The van der Waals surface area contributed by atoms with Crippen LogP contribution in [0.25, 0.3) is 0 Å². The number of hydrogen-bond donors (Lipinski definition) is 0. The summed E-state index contributed by atoms with van der Waals surface area (Å²) in [6, 6.07) is 0. The predicted octanol–water partition coefficient (Wildman–Crippen LogP) is 3.39. The van der Waals surface area contributed by atoms with Crippen LogP contribution in [0, 0.1) is 12.8 Å². The standard InChI is InChI=1S/C10H16BrClN2/c1-4-14-9(5-7(2)6-12)10(11)8(3)13-14/h7H,4-6H2,1-3H3. The first kappa shape index (κ1) is 12.1. The van der Waals surface area contributed by atoms with E-state index in [1.54, 1.807) is 0 Å². The maximum absolute atomic E-state index is 5.81. The fourth-order valence-corrected chi connectivity index (χ4v) is 2.00. The molecule has 1 aromatic rings. The Morgan fingerprint density at radius 3 is 2.71 bits per heavy atom. The van der Waals surface area contributed by atoms with Gasteiger partial charge in [0.2, 0.25) is 0 Å². The Kier molecular flexibility index (Phi) is 4.45. The molecule has 2 nitrogen and oxygen atoms in total. The lowest BCUT2D eigenvalue weighted by atomic mass is 10.1. The van der Waals surface area contributed by atoms with Crippen LogP contribution in [0.4, 0.5) is 0 Å². The van der Waals surface area contributed by atoms with Gasteiger partial charge in [0.05, 0.1) is 15.9 Å². The Morgan fingerprint density at radius 2 is 2.21 bits per heavy atom. The van der Waals surface area contributed by atoms with Crippen molar-refractivity contribution >= 4 is 27.5 Å². The van der Waals surface area contributed by atoms with Crippen LogP contribution < -0.4 is 0 Å². The van der Waals surface area contributed by atoms with E-state index in [1.807, 2.05) is 11.6 Å². The molecule has 0 amide bonds. The molecule has 1 heterocycles. The highest BCUT2D eigenvalue weighted by Gasteiger charge is 2.14. The van der Waals surface area contributed by atoms with Crippen LogP contribution in [-0.2, 0) is 13.0 Å². The Hall–Kier alpha value is -0.0200. The Labute approximate surface area is 98.8 Å². The van der Waals surface area contributed by atoms with Crippen molar-refractivity contribution in [1.82, 2.24) is 9.78 Å². The summed E-state index contributed by atoms with van der Waals surface area (Å²) in [4.78, 5) is 0. The fraction of sp³-hybridized carbons (Fsp3) is 0.700. The zero-order chi connectivity index (χ0) is 10.7. The van der Waals surface area contributed by atoms with Gasteiger partial charge in [-0.3, -0.25) is 4.68 Å². The van der Waals surface area contributed by atoms with Gasteiger partial charge in [0.1, 0.15) is 0 Å². The maximum Gasteiger partial charge on any atom is 0.0738 e. The molecule has 0 spiro atoms. The van der Waals surface area contributed by atoms with Gasteiger partial charge >= 0.3 is 0 Å². The minimum Gasteiger partial charge on any atom is -0.268 e. The van der Waals surface area contributed by atoms with Crippen LogP contribution in [0.5, 0.6) is 0 Å². The zero-order valence-electron chi connectivity index (χ0n) is 8.85. The lowest BCUT2D eigenvalue weighted by molar-refractivity contribution is 0.563. The summed E-state index contributed by atoms with van der Waals surface area (Å²) in [7, 11) is 0. The van der Waals surface area contributed by atoms with Crippen molar-refractivity contribution in [3.05, 3.63) is 15.9 Å². The Balaban J connectivity index is 2.93. The van der Waals surface area contributed by atoms with Gasteiger partial charge in [-0.05, 0) is 42.1 Å². The molecule has 80 valence electrons. The molecule has 4 heteroatoms. The first-order valence-electron chi connectivity index (χ1n) is 4.87. The molecule has 1 rings (SSSR count). The second-order valence-corrected chi connectivity index (χ2v) is 4.73. The number of nitrogens with zero attached hydrogens (tertiary/aromatic N) is 2. The number of halogens is 2. The first-order chi connectivity index (χ1) is 6.60. The maximum atomic E-state index is 5.81. The van der Waals surface area contributed by atoms with Gasteiger partial charge in [-0.2, -0.15) is 5.10 Å². The second kappa shape index (κ2) is 5.17. The Bertz CT molecular complexity index is 309. The normalized spacial score (nSPS) is 13.2. The summed E-state index contributed by atoms with van der Waals surface area (Å²) >= 11 is 9.38. The summed E-state index contributed by atoms with van der Waals surface area (Å²) in [5, 5.41) is 4.44. The minimum absolute atomic E-state index is 0.495. The van der Waals surface area contributed by atoms with Crippen molar-refractivity contribution in [3.8, 4) is 0 Å². The van der Waals surface area contributed by atoms with Crippen molar-refractivity contribution < 1.29 is 0 Å². The molecular formula is C10H16BrClN2. The van der Waals surface area contributed by atoms with Crippen molar-refractivity contribution in [2.24, 2.45) is 5.92 Å². The monoisotopic (exact) mass is 278 g/mol. The van der Waals surface area contributed by atoms with Gasteiger partial charge < -0.3 is 0 Å². The molecule has 0 aliphatic heterocycles. The molecule has 1 unspecified atom stereocenters. The SMILES string of the molecule is CCn1nc(C)c(Br)c1CC(C)CCl. The van der Waals surface area contributed by atoms with E-state index in [9.17, 15) is 0 Å². The van der Waals surface area contributed by atoms with Crippen LogP contribution in [0.2, 0.25) is 0 Å². The fourth-order valence-electron chi connectivity index (χ4n) is 1.45. The van der Waals surface area contributed by atoms with Crippen LogP contribution in [0.15, 0.2) is 4.47 Å². The molecule has 0 aliphatic carbocycles. The highest BCUT2D eigenvalue weighted by Crippen LogP contribution is 2.23. The zero-order valence-corrected chi connectivity index (χ0v) is 11.2. The summed E-state index contributed by atoms with van der Waals surface area (Å²) in [5.41, 5.74) is 2.32. The number of alkyl halides is 1. The van der Waals surface area contributed by atoms with E-state index in [0.717, 1.165) is 23.1 Å². The quantitative estimate of drug-likeness (QED) is 0.773. The van der Waals surface area contributed by atoms with E-state index >= 15 is 0 Å². The van der Waals surface area contributed by atoms with Gasteiger partial charge in [-0.25, -0.2) is 0 Å². The number of rotatable bonds is 4. The third-order valence-corrected chi connectivity index (χ3v) is 3.82. The predicted molar refractivity (Wildman–Crippen MR) is 63.9 cm³/mol. The topological polar surface area (TPSA) is 17.8 Å². The molecule has 0 N–H and O–H groups in total. The number of aryl methyl sites for hydroxylation is 2. The van der Waals surface area contributed by atoms with E-state index in [0.29, 0.717) is 11.8 Å². The summed E-state index contributed by atoms with van der Waals surface area (Å²) in [5.74, 6) is 1.19. The second-order valence-electron chi connectivity index (χ2n) is 3.63. The lowest BCUT2D eigenvalue weighted by Crippen LogP contribution is -2.08. The summed E-state index contributed by atoms with van der Waals surface area (Å²) in [6.07, 6.45) is 0.985. The average Bonchev–Trinajstić information content (AvgIpc) is 2.45. The van der Waals surface area contributed by atoms with E-state index in [-0.39, 0.29) is 0 Å². The molecule has 14 heavy (non-hydrogen) atoms.